The van der Waals surface area contributed by atoms with E-state index in [9.17, 15) is 0 Å². The van der Waals surface area contributed by atoms with Crippen LogP contribution < -0.4 is 5.73 Å². The van der Waals surface area contributed by atoms with Crippen LogP contribution in [0.2, 0.25) is 0 Å². The smallest absolute Gasteiger partial charge is 0.0456 e. The van der Waals surface area contributed by atoms with Crippen molar-refractivity contribution in [1.29, 1.82) is 0 Å². The first-order chi connectivity index (χ1) is 6.18. The van der Waals surface area contributed by atoms with Crippen LogP contribution in [0.1, 0.15) is 0 Å². The van der Waals surface area contributed by atoms with E-state index in [1.165, 1.54) is 10.8 Å². The maximum absolute atomic E-state index is 5.81. The normalized spacial score (nSPS) is 10.6. The highest BCUT2D eigenvalue weighted by Gasteiger charge is 2.01. The molecule has 0 saturated heterocycles. The minimum atomic E-state index is 0.839. The maximum Gasteiger partial charge on any atom is 0.0456 e. The fourth-order valence-electron chi connectivity index (χ4n) is 1.27. The largest absolute Gasteiger partial charge is 0.398 e. The van der Waals surface area contributed by atoms with E-state index in [1.54, 1.807) is 0 Å². The minimum absolute atomic E-state index is 0.839. The molecule has 0 unspecified atom stereocenters. The van der Waals surface area contributed by atoms with E-state index in [1.807, 2.05) is 18.2 Å². The summed E-state index contributed by atoms with van der Waals surface area (Å²) in [7, 11) is 0. The molecule has 0 atom stereocenters. The third-order valence-electron chi connectivity index (χ3n) is 1.95. The SMILES string of the molecule is Nc1ccc2ccc(Br)cc2c1I. The summed E-state index contributed by atoms with van der Waals surface area (Å²) in [6, 6.07) is 10.2. The topological polar surface area (TPSA) is 26.0 Å². The Bertz CT molecular complexity index is 462. The van der Waals surface area contributed by atoms with Crippen molar-refractivity contribution in [3.63, 3.8) is 0 Å². The van der Waals surface area contributed by atoms with Crippen molar-refractivity contribution in [2.24, 2.45) is 0 Å². The second-order valence-electron chi connectivity index (χ2n) is 2.83. The first kappa shape index (κ1) is 9.27. The number of nitrogen functional groups attached to an aromatic ring is 1. The minimum Gasteiger partial charge on any atom is -0.398 e. The summed E-state index contributed by atoms with van der Waals surface area (Å²) < 4.78 is 2.21. The zero-order valence-corrected chi connectivity index (χ0v) is 10.5. The van der Waals surface area contributed by atoms with Crippen LogP contribution in [0.25, 0.3) is 10.8 Å². The van der Waals surface area contributed by atoms with E-state index in [2.05, 4.69) is 50.7 Å². The molecule has 0 heterocycles. The van der Waals surface area contributed by atoms with Gasteiger partial charge in [-0.25, -0.2) is 0 Å². The molecule has 2 aromatic carbocycles. The molecular weight excluding hydrogens is 341 g/mol. The summed E-state index contributed by atoms with van der Waals surface area (Å²) in [4.78, 5) is 0. The van der Waals surface area contributed by atoms with Gasteiger partial charge in [0.05, 0.1) is 0 Å². The van der Waals surface area contributed by atoms with Crippen molar-refractivity contribution in [3.05, 3.63) is 38.4 Å². The molecule has 0 radical (unpaired) electrons. The lowest BCUT2D eigenvalue weighted by atomic mass is 10.1. The first-order valence-corrected chi connectivity index (χ1v) is 5.69. The predicted molar refractivity (Wildman–Crippen MR) is 68.8 cm³/mol. The Morgan fingerprint density at radius 1 is 1.15 bits per heavy atom. The molecule has 13 heavy (non-hydrogen) atoms. The molecule has 0 spiro atoms. The Labute approximate surface area is 98.6 Å². The van der Waals surface area contributed by atoms with E-state index >= 15 is 0 Å². The zero-order chi connectivity index (χ0) is 9.42. The molecule has 0 fully saturated rings. The summed E-state index contributed by atoms with van der Waals surface area (Å²) in [5, 5.41) is 2.43. The third kappa shape index (κ3) is 1.67. The Kier molecular flexibility index (Phi) is 2.47. The third-order valence-corrected chi connectivity index (χ3v) is 3.64. The van der Waals surface area contributed by atoms with Gasteiger partial charge in [-0.3, -0.25) is 0 Å². The second kappa shape index (κ2) is 3.46. The van der Waals surface area contributed by atoms with Gasteiger partial charge in [-0.05, 0) is 51.6 Å². The summed E-state index contributed by atoms with van der Waals surface area (Å²) in [6.45, 7) is 0. The van der Waals surface area contributed by atoms with Crippen LogP contribution in [0, 0.1) is 3.57 Å². The average Bonchev–Trinajstić information content (AvgIpc) is 2.12. The molecule has 2 aromatic rings. The standard InChI is InChI=1S/C10H7BrIN/c11-7-3-1-6-2-4-9(13)10(12)8(6)5-7/h1-5H,13H2. The zero-order valence-electron chi connectivity index (χ0n) is 6.72. The molecule has 0 amide bonds. The van der Waals surface area contributed by atoms with Crippen LogP contribution in [0.5, 0.6) is 0 Å². The molecule has 2 N–H and O–H groups in total. The van der Waals surface area contributed by atoms with Crippen LogP contribution in [0.15, 0.2) is 34.8 Å². The number of fused-ring (bicyclic) bond motifs is 1. The van der Waals surface area contributed by atoms with E-state index in [0.717, 1.165) is 13.7 Å². The summed E-state index contributed by atoms with van der Waals surface area (Å²) in [6.07, 6.45) is 0. The molecule has 1 nitrogen and oxygen atoms in total. The van der Waals surface area contributed by atoms with Crippen molar-refractivity contribution in [1.82, 2.24) is 0 Å². The number of anilines is 1. The van der Waals surface area contributed by atoms with Gasteiger partial charge in [0.1, 0.15) is 0 Å². The monoisotopic (exact) mass is 347 g/mol. The average molecular weight is 348 g/mol. The number of halogens is 2. The summed E-state index contributed by atoms with van der Waals surface area (Å²) in [5.74, 6) is 0. The van der Waals surface area contributed by atoms with Crippen molar-refractivity contribution >= 4 is 55.0 Å². The first-order valence-electron chi connectivity index (χ1n) is 3.82. The van der Waals surface area contributed by atoms with Gasteiger partial charge < -0.3 is 5.73 Å². The fourth-order valence-corrected chi connectivity index (χ4v) is 2.28. The molecule has 2 rings (SSSR count). The van der Waals surface area contributed by atoms with E-state index in [-0.39, 0.29) is 0 Å². The molecular formula is C10H7BrIN. The van der Waals surface area contributed by atoms with Gasteiger partial charge in [0.25, 0.3) is 0 Å². The quantitative estimate of drug-likeness (QED) is 0.569. The lowest BCUT2D eigenvalue weighted by Crippen LogP contribution is -1.89. The van der Waals surface area contributed by atoms with Gasteiger partial charge in [0, 0.05) is 13.7 Å². The van der Waals surface area contributed by atoms with Gasteiger partial charge in [-0.15, -0.1) is 0 Å². The highest BCUT2D eigenvalue weighted by Crippen LogP contribution is 2.28. The van der Waals surface area contributed by atoms with Gasteiger partial charge in [0.15, 0.2) is 0 Å². The fraction of sp³-hybridized carbons (Fsp3) is 0. The molecule has 3 heteroatoms. The summed E-state index contributed by atoms with van der Waals surface area (Å²) in [5.41, 5.74) is 6.65. The molecule has 0 aliphatic carbocycles. The number of hydrogen-bond acceptors (Lipinski definition) is 1. The Morgan fingerprint density at radius 2 is 1.85 bits per heavy atom. The Hall–Kier alpha value is -0.290. The van der Waals surface area contributed by atoms with Crippen molar-refractivity contribution < 1.29 is 0 Å². The van der Waals surface area contributed by atoms with Crippen molar-refractivity contribution in [3.8, 4) is 0 Å². The highest BCUT2D eigenvalue weighted by molar-refractivity contribution is 14.1. The van der Waals surface area contributed by atoms with Crippen molar-refractivity contribution in [2.75, 3.05) is 5.73 Å². The number of hydrogen-bond donors (Lipinski definition) is 1. The molecule has 0 aliphatic rings. The Balaban J connectivity index is 2.89. The van der Waals surface area contributed by atoms with E-state index in [4.69, 9.17) is 5.73 Å². The van der Waals surface area contributed by atoms with Gasteiger partial charge >= 0.3 is 0 Å². The van der Waals surface area contributed by atoms with Crippen LogP contribution >= 0.6 is 38.5 Å². The van der Waals surface area contributed by atoms with Gasteiger partial charge in [-0.2, -0.15) is 0 Å². The molecule has 0 bridgehead atoms. The van der Waals surface area contributed by atoms with Gasteiger partial charge in [0.2, 0.25) is 0 Å². The van der Waals surface area contributed by atoms with Gasteiger partial charge in [-0.1, -0.05) is 28.1 Å². The van der Waals surface area contributed by atoms with Crippen LogP contribution in [0.3, 0.4) is 0 Å². The Morgan fingerprint density at radius 3 is 2.62 bits per heavy atom. The van der Waals surface area contributed by atoms with Crippen LogP contribution in [-0.2, 0) is 0 Å². The van der Waals surface area contributed by atoms with Crippen molar-refractivity contribution in [2.45, 2.75) is 0 Å². The van der Waals surface area contributed by atoms with Crippen LogP contribution in [-0.4, -0.2) is 0 Å². The highest BCUT2D eigenvalue weighted by atomic mass is 127. The maximum atomic E-state index is 5.81. The summed E-state index contributed by atoms with van der Waals surface area (Å²) >= 11 is 5.72. The number of nitrogens with two attached hydrogens (primary N) is 1. The van der Waals surface area contributed by atoms with Crippen LogP contribution in [0.4, 0.5) is 5.69 Å². The molecule has 0 aromatic heterocycles. The number of rotatable bonds is 0. The predicted octanol–water partition coefficient (Wildman–Crippen LogP) is 3.79. The lowest BCUT2D eigenvalue weighted by Gasteiger charge is -2.04. The van der Waals surface area contributed by atoms with E-state index < -0.39 is 0 Å². The molecule has 0 aliphatic heterocycles. The number of benzene rings is 2. The molecule has 0 saturated carbocycles. The lowest BCUT2D eigenvalue weighted by molar-refractivity contribution is 1.66. The van der Waals surface area contributed by atoms with E-state index in [0.29, 0.717) is 0 Å². The molecule has 66 valence electrons. The second-order valence-corrected chi connectivity index (χ2v) is 4.83.